The molecule has 0 bridgehead atoms. The molecule has 298 valence electrons. The lowest BCUT2D eigenvalue weighted by Crippen LogP contribution is -2.28. The number of benzene rings is 6. The van der Waals surface area contributed by atoms with E-state index >= 15 is 0 Å². The van der Waals surface area contributed by atoms with Crippen molar-refractivity contribution in [2.45, 2.75) is 38.5 Å². The van der Waals surface area contributed by atoms with Crippen LogP contribution in [0.2, 0.25) is 0 Å². The smallest absolute Gasteiger partial charge is 0.0722 e. The number of thiophene rings is 4. The van der Waals surface area contributed by atoms with Crippen molar-refractivity contribution in [3.05, 3.63) is 249 Å². The first kappa shape index (κ1) is 37.8. The van der Waals surface area contributed by atoms with E-state index in [2.05, 4.69) is 210 Å². The minimum atomic E-state index is -0.386. The third-order valence-electron chi connectivity index (χ3n) is 13.3. The quantitative estimate of drug-likeness (QED) is 0.150. The van der Waals surface area contributed by atoms with Crippen LogP contribution in [0, 0.1) is 27.7 Å². The molecular weight excluding hydrogens is 825 g/mol. The molecule has 0 nitrogen and oxygen atoms in total. The third-order valence-corrected chi connectivity index (χ3v) is 18.4. The standard InChI is InChI=1S/C58H42S4/c1-35-13-21-39(22-14-35)57(40-23-15-36(2)16-24-40)45-11-7-5-9-43(45)55-47(57)33-53(61-55)51-31-29-49(59-51)50-30-32-52(60-50)54-34-48-56(62-54)44-10-6-8-12-46(44)58(48,41-25-17-37(3)18-26-41)42-27-19-38(4)20-28-42/h5-34H,1-4H3. The molecule has 0 N–H and O–H groups in total. The Morgan fingerprint density at radius 2 is 0.565 bits per heavy atom. The van der Waals surface area contributed by atoms with Crippen molar-refractivity contribution in [2.24, 2.45) is 0 Å². The van der Waals surface area contributed by atoms with Crippen LogP contribution in [-0.2, 0) is 10.8 Å². The number of hydrogen-bond acceptors (Lipinski definition) is 4. The lowest BCUT2D eigenvalue weighted by atomic mass is 9.68. The molecule has 4 aromatic heterocycles. The molecule has 0 radical (unpaired) electrons. The summed E-state index contributed by atoms with van der Waals surface area (Å²) in [4.78, 5) is 10.7. The average Bonchev–Trinajstić information content (AvgIpc) is 4.16. The van der Waals surface area contributed by atoms with E-state index < -0.39 is 0 Å². The molecule has 0 spiro atoms. The maximum atomic E-state index is 2.51. The first-order chi connectivity index (χ1) is 30.3. The van der Waals surface area contributed by atoms with Crippen LogP contribution in [0.15, 0.2) is 182 Å². The van der Waals surface area contributed by atoms with Crippen LogP contribution < -0.4 is 0 Å². The van der Waals surface area contributed by atoms with Gasteiger partial charge in [0.1, 0.15) is 0 Å². The molecule has 12 rings (SSSR count). The van der Waals surface area contributed by atoms with E-state index in [1.165, 1.54) is 117 Å². The molecule has 0 fully saturated rings. The summed E-state index contributed by atoms with van der Waals surface area (Å²) in [5.41, 5.74) is 17.8. The number of hydrogen-bond donors (Lipinski definition) is 0. The predicted molar refractivity (Wildman–Crippen MR) is 268 cm³/mol. The molecule has 62 heavy (non-hydrogen) atoms. The fourth-order valence-corrected chi connectivity index (χ4v) is 15.1. The molecule has 0 aliphatic heterocycles. The van der Waals surface area contributed by atoms with Gasteiger partial charge in [0.15, 0.2) is 0 Å². The second kappa shape index (κ2) is 14.3. The Bertz CT molecular complexity index is 2990. The summed E-state index contributed by atoms with van der Waals surface area (Å²) >= 11 is 7.73. The minimum Gasteiger partial charge on any atom is -0.134 e. The Hall–Kier alpha value is -5.88. The lowest BCUT2D eigenvalue weighted by Gasteiger charge is -2.33. The Labute approximate surface area is 380 Å². The van der Waals surface area contributed by atoms with E-state index in [4.69, 9.17) is 0 Å². The maximum Gasteiger partial charge on any atom is 0.0722 e. The highest BCUT2D eigenvalue weighted by Crippen LogP contribution is 2.62. The van der Waals surface area contributed by atoms with Crippen molar-refractivity contribution in [2.75, 3.05) is 0 Å². The summed E-state index contributed by atoms with van der Waals surface area (Å²) in [5.74, 6) is 0. The molecule has 0 saturated heterocycles. The van der Waals surface area contributed by atoms with Gasteiger partial charge in [-0.2, -0.15) is 0 Å². The number of fused-ring (bicyclic) bond motifs is 6. The van der Waals surface area contributed by atoms with Crippen molar-refractivity contribution in [1.29, 1.82) is 0 Å². The number of aryl methyl sites for hydroxylation is 4. The zero-order valence-corrected chi connectivity index (χ0v) is 38.2. The zero-order chi connectivity index (χ0) is 41.7. The van der Waals surface area contributed by atoms with E-state index in [1.54, 1.807) is 0 Å². The fraction of sp³-hybridized carbons (Fsp3) is 0.103. The molecule has 4 heteroatoms. The van der Waals surface area contributed by atoms with Gasteiger partial charge in [0.05, 0.1) is 10.8 Å². The van der Waals surface area contributed by atoms with Gasteiger partial charge in [-0.1, -0.05) is 168 Å². The molecule has 2 aliphatic carbocycles. The van der Waals surface area contributed by atoms with Crippen LogP contribution in [0.3, 0.4) is 0 Å². The van der Waals surface area contributed by atoms with Crippen LogP contribution in [0.25, 0.3) is 50.1 Å². The molecule has 0 unspecified atom stereocenters. The van der Waals surface area contributed by atoms with Crippen molar-refractivity contribution in [1.82, 2.24) is 0 Å². The molecule has 0 atom stereocenters. The van der Waals surface area contributed by atoms with Crippen LogP contribution in [0.5, 0.6) is 0 Å². The molecule has 10 aromatic rings. The Balaban J connectivity index is 0.941. The van der Waals surface area contributed by atoms with Gasteiger partial charge in [-0.05, 0) is 120 Å². The average molecular weight is 867 g/mol. The monoisotopic (exact) mass is 866 g/mol. The molecule has 4 heterocycles. The topological polar surface area (TPSA) is 0 Å². The van der Waals surface area contributed by atoms with Crippen LogP contribution >= 0.6 is 45.3 Å². The minimum absolute atomic E-state index is 0.386. The van der Waals surface area contributed by atoms with E-state index in [1.807, 2.05) is 45.3 Å². The molecule has 2 aliphatic rings. The van der Waals surface area contributed by atoms with Gasteiger partial charge in [0.2, 0.25) is 0 Å². The van der Waals surface area contributed by atoms with Crippen LogP contribution in [0.1, 0.15) is 66.8 Å². The molecule has 0 amide bonds. The lowest BCUT2D eigenvalue weighted by molar-refractivity contribution is 0.769. The molecule has 0 saturated carbocycles. The third kappa shape index (κ3) is 5.53. The fourth-order valence-electron chi connectivity index (χ4n) is 10.3. The SMILES string of the molecule is Cc1ccc(C2(c3ccc(C)cc3)c3ccccc3-c3sc(-c4ccc(-c5ccc(-c6cc7c(s6)-c6ccccc6C7(c6ccc(C)cc6)c6ccc(C)cc6)s5)s4)cc32)cc1. The normalized spacial score (nSPS) is 14.1. The Morgan fingerprint density at radius 1 is 0.274 bits per heavy atom. The second-order valence-electron chi connectivity index (χ2n) is 17.1. The van der Waals surface area contributed by atoms with Gasteiger partial charge in [0.25, 0.3) is 0 Å². The Kier molecular flexibility index (Phi) is 8.75. The van der Waals surface area contributed by atoms with E-state index in [0.29, 0.717) is 0 Å². The van der Waals surface area contributed by atoms with Crippen molar-refractivity contribution < 1.29 is 0 Å². The first-order valence-electron chi connectivity index (χ1n) is 21.3. The summed E-state index contributed by atoms with van der Waals surface area (Å²) in [6.45, 7) is 8.72. The van der Waals surface area contributed by atoms with Gasteiger partial charge >= 0.3 is 0 Å². The van der Waals surface area contributed by atoms with Gasteiger partial charge in [-0.25, -0.2) is 0 Å². The van der Waals surface area contributed by atoms with Crippen molar-refractivity contribution in [3.63, 3.8) is 0 Å². The van der Waals surface area contributed by atoms with Gasteiger partial charge < -0.3 is 0 Å². The van der Waals surface area contributed by atoms with Crippen LogP contribution in [-0.4, -0.2) is 0 Å². The van der Waals surface area contributed by atoms with Gasteiger partial charge in [0, 0.05) is 39.0 Å². The van der Waals surface area contributed by atoms with E-state index in [-0.39, 0.29) is 10.8 Å². The van der Waals surface area contributed by atoms with Gasteiger partial charge in [-0.3, -0.25) is 0 Å². The highest BCUT2D eigenvalue weighted by atomic mass is 32.1. The summed E-state index contributed by atoms with van der Waals surface area (Å²) < 4.78 is 0. The van der Waals surface area contributed by atoms with E-state index in [0.717, 1.165) is 0 Å². The van der Waals surface area contributed by atoms with E-state index in [9.17, 15) is 0 Å². The van der Waals surface area contributed by atoms with Crippen LogP contribution in [0.4, 0.5) is 0 Å². The highest BCUT2D eigenvalue weighted by molar-refractivity contribution is 7.29. The summed E-state index contributed by atoms with van der Waals surface area (Å²) in [7, 11) is 0. The zero-order valence-electron chi connectivity index (χ0n) is 35.0. The number of rotatable bonds is 7. The molecule has 6 aromatic carbocycles. The summed E-state index contributed by atoms with van der Waals surface area (Å²) in [5, 5.41) is 0. The van der Waals surface area contributed by atoms with Crippen molar-refractivity contribution >= 4 is 45.3 Å². The first-order valence-corrected chi connectivity index (χ1v) is 24.6. The largest absolute Gasteiger partial charge is 0.134 e. The molecular formula is C58H42S4. The maximum absolute atomic E-state index is 2.51. The second-order valence-corrected chi connectivity index (χ2v) is 21.4. The predicted octanol–water partition coefficient (Wildman–Crippen LogP) is 16.9. The summed E-state index contributed by atoms with van der Waals surface area (Å²) in [6.07, 6.45) is 0. The highest BCUT2D eigenvalue weighted by Gasteiger charge is 2.49. The Morgan fingerprint density at radius 3 is 0.887 bits per heavy atom. The summed E-state index contributed by atoms with van der Waals surface area (Å²) in [6, 6.07) is 69.5. The van der Waals surface area contributed by atoms with Crippen molar-refractivity contribution in [3.8, 4) is 50.1 Å². The van der Waals surface area contributed by atoms with Gasteiger partial charge in [-0.15, -0.1) is 45.3 Å².